The predicted octanol–water partition coefficient (Wildman–Crippen LogP) is 5.82. The summed E-state index contributed by atoms with van der Waals surface area (Å²) in [6.07, 6.45) is 2.75. The molecule has 0 unspecified atom stereocenters. The highest BCUT2D eigenvalue weighted by molar-refractivity contribution is 5.79. The molecule has 1 aliphatic rings. The summed E-state index contributed by atoms with van der Waals surface area (Å²) in [6.45, 7) is 8.38. The van der Waals surface area contributed by atoms with Crippen molar-refractivity contribution in [3.8, 4) is 17.3 Å². The zero-order valence-electron chi connectivity index (χ0n) is 19.1. The second-order valence-corrected chi connectivity index (χ2v) is 8.74. The van der Waals surface area contributed by atoms with E-state index in [9.17, 15) is 9.18 Å². The van der Waals surface area contributed by atoms with Crippen molar-refractivity contribution >= 4 is 5.91 Å². The van der Waals surface area contributed by atoms with Gasteiger partial charge < -0.3 is 9.64 Å². The maximum Gasteiger partial charge on any atom is 0.227 e. The number of aromatic nitrogens is 2. The summed E-state index contributed by atoms with van der Waals surface area (Å²) >= 11 is 0. The second-order valence-electron chi connectivity index (χ2n) is 8.74. The molecule has 32 heavy (non-hydrogen) atoms. The molecule has 0 bridgehead atoms. The number of amides is 1. The van der Waals surface area contributed by atoms with Gasteiger partial charge in [-0.2, -0.15) is 5.10 Å². The van der Waals surface area contributed by atoms with Crippen molar-refractivity contribution in [2.75, 3.05) is 0 Å². The van der Waals surface area contributed by atoms with E-state index in [-0.39, 0.29) is 23.7 Å². The Hall–Kier alpha value is -3.15. The first-order valence-electron chi connectivity index (χ1n) is 11.3. The lowest BCUT2D eigenvalue weighted by molar-refractivity contribution is -0.135. The molecular weight excluding hydrogens is 405 g/mol. The average Bonchev–Trinajstić information content (AvgIpc) is 3.55. The van der Waals surface area contributed by atoms with E-state index in [1.807, 2.05) is 56.9 Å². The van der Waals surface area contributed by atoms with E-state index in [4.69, 9.17) is 9.84 Å². The third-order valence-electron chi connectivity index (χ3n) is 5.72. The molecule has 1 aromatic heterocycles. The SMILES string of the molecule is CCc1nn(-c2ccc(F)cc2)c(Oc2cccc(C)c2)c1CN(C(=O)C(C)C)C1CC1. The van der Waals surface area contributed by atoms with Crippen LogP contribution in [0.5, 0.6) is 11.6 Å². The third-order valence-corrected chi connectivity index (χ3v) is 5.72. The van der Waals surface area contributed by atoms with Crippen molar-refractivity contribution in [1.82, 2.24) is 14.7 Å². The Morgan fingerprint density at radius 3 is 2.53 bits per heavy atom. The lowest BCUT2D eigenvalue weighted by Gasteiger charge is -2.25. The molecule has 0 atom stereocenters. The van der Waals surface area contributed by atoms with Gasteiger partial charge in [0.15, 0.2) is 0 Å². The predicted molar refractivity (Wildman–Crippen MR) is 123 cm³/mol. The fraction of sp³-hybridized carbons (Fsp3) is 0.385. The average molecular weight is 436 g/mol. The number of hydrogen-bond donors (Lipinski definition) is 0. The van der Waals surface area contributed by atoms with Crippen molar-refractivity contribution in [3.63, 3.8) is 0 Å². The number of rotatable bonds is 8. The number of carbonyl (C=O) groups excluding carboxylic acids is 1. The van der Waals surface area contributed by atoms with Gasteiger partial charge in [0.2, 0.25) is 11.8 Å². The van der Waals surface area contributed by atoms with E-state index in [2.05, 4.69) is 0 Å². The maximum absolute atomic E-state index is 13.6. The van der Waals surface area contributed by atoms with E-state index in [0.717, 1.165) is 29.7 Å². The van der Waals surface area contributed by atoms with E-state index in [1.54, 1.807) is 16.8 Å². The molecule has 1 fully saturated rings. The Morgan fingerprint density at radius 2 is 1.94 bits per heavy atom. The molecule has 0 spiro atoms. The minimum Gasteiger partial charge on any atom is -0.439 e. The molecule has 1 aliphatic carbocycles. The number of carbonyl (C=O) groups is 1. The Bertz CT molecular complexity index is 1100. The van der Waals surface area contributed by atoms with E-state index in [1.165, 1.54) is 12.1 Å². The molecular formula is C26H30FN3O2. The summed E-state index contributed by atoms with van der Waals surface area (Å²) in [5, 5.41) is 4.82. The molecule has 0 radical (unpaired) electrons. The smallest absolute Gasteiger partial charge is 0.227 e. The van der Waals surface area contributed by atoms with Gasteiger partial charge in [-0.05, 0) is 68.1 Å². The first-order chi connectivity index (χ1) is 15.4. The van der Waals surface area contributed by atoms with Crippen LogP contribution in [0.4, 0.5) is 4.39 Å². The topological polar surface area (TPSA) is 47.4 Å². The van der Waals surface area contributed by atoms with Gasteiger partial charge >= 0.3 is 0 Å². The van der Waals surface area contributed by atoms with Gasteiger partial charge in [0.1, 0.15) is 11.6 Å². The quantitative estimate of drug-likeness (QED) is 0.448. The minimum absolute atomic E-state index is 0.0750. The first kappa shape index (κ1) is 22.1. The normalized spacial score (nSPS) is 13.4. The molecule has 4 rings (SSSR count). The first-order valence-corrected chi connectivity index (χ1v) is 11.3. The van der Waals surface area contributed by atoms with Crippen molar-refractivity contribution in [2.24, 2.45) is 5.92 Å². The van der Waals surface area contributed by atoms with Crippen LogP contribution in [0, 0.1) is 18.7 Å². The highest BCUT2D eigenvalue weighted by Crippen LogP contribution is 2.36. The zero-order valence-corrected chi connectivity index (χ0v) is 19.1. The number of halogens is 1. The highest BCUT2D eigenvalue weighted by Gasteiger charge is 2.35. The maximum atomic E-state index is 13.6. The van der Waals surface area contributed by atoms with Crippen LogP contribution in [0.25, 0.3) is 5.69 Å². The van der Waals surface area contributed by atoms with E-state index >= 15 is 0 Å². The molecule has 1 amide bonds. The minimum atomic E-state index is -0.305. The van der Waals surface area contributed by atoms with Gasteiger partial charge in [-0.15, -0.1) is 0 Å². The number of aryl methyl sites for hydroxylation is 2. The van der Waals surface area contributed by atoms with Crippen LogP contribution in [0.15, 0.2) is 48.5 Å². The molecule has 0 saturated heterocycles. The van der Waals surface area contributed by atoms with Crippen LogP contribution >= 0.6 is 0 Å². The molecule has 0 aliphatic heterocycles. The molecule has 5 nitrogen and oxygen atoms in total. The Kier molecular flexibility index (Phi) is 6.31. The monoisotopic (exact) mass is 435 g/mol. The van der Waals surface area contributed by atoms with Crippen LogP contribution in [-0.2, 0) is 17.8 Å². The van der Waals surface area contributed by atoms with E-state index in [0.29, 0.717) is 30.3 Å². The molecule has 0 N–H and O–H groups in total. The second kappa shape index (κ2) is 9.15. The van der Waals surface area contributed by atoms with E-state index < -0.39 is 0 Å². The van der Waals surface area contributed by atoms with Crippen molar-refractivity contribution in [3.05, 3.63) is 71.2 Å². The summed E-state index contributed by atoms with van der Waals surface area (Å²) in [5.74, 6) is 1.03. The largest absolute Gasteiger partial charge is 0.439 e. The fourth-order valence-electron chi connectivity index (χ4n) is 3.85. The van der Waals surface area contributed by atoms with Crippen molar-refractivity contribution in [1.29, 1.82) is 0 Å². The number of nitrogens with zero attached hydrogens (tertiary/aromatic N) is 3. The summed E-state index contributed by atoms with van der Waals surface area (Å²) in [7, 11) is 0. The fourth-order valence-corrected chi connectivity index (χ4v) is 3.85. The third kappa shape index (κ3) is 4.69. The van der Waals surface area contributed by atoms with Crippen molar-refractivity contribution < 1.29 is 13.9 Å². The molecule has 1 saturated carbocycles. The summed E-state index contributed by atoms with van der Waals surface area (Å²) in [5.41, 5.74) is 3.57. The highest BCUT2D eigenvalue weighted by atomic mass is 19.1. The van der Waals surface area contributed by atoms with Gasteiger partial charge in [-0.1, -0.05) is 32.9 Å². The molecule has 1 heterocycles. The molecule has 168 valence electrons. The lowest BCUT2D eigenvalue weighted by Crippen LogP contribution is -2.35. The van der Waals surface area contributed by atoms with Gasteiger partial charge in [-0.3, -0.25) is 4.79 Å². The number of ether oxygens (including phenoxy) is 1. The van der Waals surface area contributed by atoms with Gasteiger partial charge in [0.25, 0.3) is 0 Å². The Morgan fingerprint density at radius 1 is 1.22 bits per heavy atom. The number of benzene rings is 2. The van der Waals surface area contributed by atoms with Crippen LogP contribution in [-0.4, -0.2) is 26.6 Å². The van der Waals surface area contributed by atoms with Crippen molar-refractivity contribution in [2.45, 2.75) is 59.5 Å². The van der Waals surface area contributed by atoms with Crippen LogP contribution < -0.4 is 4.74 Å². The van der Waals surface area contributed by atoms with Crippen LogP contribution in [0.2, 0.25) is 0 Å². The Labute approximate surface area is 188 Å². The van der Waals surface area contributed by atoms with Crippen LogP contribution in [0.3, 0.4) is 0 Å². The standard InChI is InChI=1S/C26H30FN3O2/c1-5-24-23(16-29(20-13-14-20)25(31)17(2)3)26(32-22-8-6-7-18(4)15-22)30(28-24)21-11-9-19(27)10-12-21/h6-12,15,17,20H,5,13-14,16H2,1-4H3. The lowest BCUT2D eigenvalue weighted by atomic mass is 10.1. The van der Waals surface area contributed by atoms with Gasteiger partial charge in [0, 0.05) is 12.0 Å². The van der Waals surface area contributed by atoms with Gasteiger partial charge in [0.05, 0.1) is 23.5 Å². The zero-order chi connectivity index (χ0) is 22.8. The Balaban J connectivity index is 1.81. The molecule has 2 aromatic carbocycles. The van der Waals surface area contributed by atoms with Crippen LogP contribution in [0.1, 0.15) is 50.4 Å². The number of hydrogen-bond acceptors (Lipinski definition) is 3. The molecule has 3 aromatic rings. The molecule has 6 heteroatoms. The summed E-state index contributed by atoms with van der Waals surface area (Å²) in [6, 6.07) is 14.3. The summed E-state index contributed by atoms with van der Waals surface area (Å²) < 4.78 is 21.7. The summed E-state index contributed by atoms with van der Waals surface area (Å²) in [4.78, 5) is 14.9. The van der Waals surface area contributed by atoms with Gasteiger partial charge in [-0.25, -0.2) is 9.07 Å².